The molecule has 1 atom stereocenters. The lowest BCUT2D eigenvalue weighted by Gasteiger charge is -2.22. The Bertz CT molecular complexity index is 1300. The van der Waals surface area contributed by atoms with Crippen LogP contribution in [0.5, 0.6) is 5.75 Å². The van der Waals surface area contributed by atoms with Crippen LogP contribution in [0.25, 0.3) is 21.8 Å². The number of amides is 2. The average molecular weight is 447 g/mol. The molecule has 2 amide bonds. The van der Waals surface area contributed by atoms with E-state index >= 15 is 0 Å². The molecule has 0 saturated carbocycles. The predicted molar refractivity (Wildman–Crippen MR) is 131 cm³/mol. The van der Waals surface area contributed by atoms with Gasteiger partial charge in [-0.2, -0.15) is 0 Å². The number of rotatable bonds is 8. The molecule has 2 aromatic carbocycles. The number of fused-ring (bicyclic) bond motifs is 2. The summed E-state index contributed by atoms with van der Waals surface area (Å²) in [6.45, 7) is 4.35. The van der Waals surface area contributed by atoms with Crippen molar-refractivity contribution in [3.05, 3.63) is 66.0 Å². The third-order valence-electron chi connectivity index (χ3n) is 6.09. The molecule has 0 bridgehead atoms. The Morgan fingerprint density at radius 1 is 1.12 bits per heavy atom. The van der Waals surface area contributed by atoms with E-state index in [2.05, 4.69) is 21.7 Å². The molecule has 172 valence electrons. The highest BCUT2D eigenvalue weighted by Crippen LogP contribution is 2.24. The first-order chi connectivity index (χ1) is 15.9. The molecule has 33 heavy (non-hydrogen) atoms. The largest absolute Gasteiger partial charge is 0.497 e. The van der Waals surface area contributed by atoms with Gasteiger partial charge in [-0.3, -0.25) is 9.59 Å². The number of para-hydroxylation sites is 1. The lowest BCUT2D eigenvalue weighted by Crippen LogP contribution is -2.50. The Hall–Kier alpha value is -3.74. The second-order valence-electron chi connectivity index (χ2n) is 8.61. The number of aromatic amines is 1. The number of methoxy groups -OCH3 is 1. The summed E-state index contributed by atoms with van der Waals surface area (Å²) in [5.74, 6) is 0.211. The molecule has 0 fully saturated rings. The van der Waals surface area contributed by atoms with Crippen molar-refractivity contribution in [3.63, 3.8) is 0 Å². The molecule has 2 heterocycles. The van der Waals surface area contributed by atoms with E-state index in [1.54, 1.807) is 7.11 Å². The molecule has 2 aromatic heterocycles. The minimum absolute atomic E-state index is 0.0585. The fraction of sp³-hybridized carbons (Fsp3) is 0.308. The van der Waals surface area contributed by atoms with Gasteiger partial charge in [0.25, 0.3) is 5.91 Å². The number of H-pyrrole nitrogens is 1. The van der Waals surface area contributed by atoms with Gasteiger partial charge in [0.2, 0.25) is 5.91 Å². The number of carbonyl (C=O) groups excluding carboxylic acids is 2. The standard InChI is InChI=1S/C26H30N4O3/c1-16(2)24(26(32)27-12-11-17-15-28-21-8-6-5-7-20(17)21)29-25(31)23-14-18-13-19(33-4)9-10-22(18)30(23)3/h5-10,13-16,24,28H,11-12H2,1-4H3,(H,27,32)(H,29,31)/t24-/m0/s1. The Balaban J connectivity index is 1.42. The average Bonchev–Trinajstić information content (AvgIpc) is 3.37. The van der Waals surface area contributed by atoms with Crippen molar-refractivity contribution in [2.24, 2.45) is 13.0 Å². The van der Waals surface area contributed by atoms with Gasteiger partial charge >= 0.3 is 0 Å². The summed E-state index contributed by atoms with van der Waals surface area (Å²) in [5.41, 5.74) is 3.65. The van der Waals surface area contributed by atoms with Gasteiger partial charge in [0, 0.05) is 41.6 Å². The van der Waals surface area contributed by atoms with Crippen molar-refractivity contribution < 1.29 is 14.3 Å². The first-order valence-electron chi connectivity index (χ1n) is 11.2. The van der Waals surface area contributed by atoms with E-state index in [-0.39, 0.29) is 17.7 Å². The zero-order chi connectivity index (χ0) is 23.5. The van der Waals surface area contributed by atoms with Crippen molar-refractivity contribution in [3.8, 4) is 5.75 Å². The fourth-order valence-corrected chi connectivity index (χ4v) is 4.19. The Morgan fingerprint density at radius 3 is 2.67 bits per heavy atom. The van der Waals surface area contributed by atoms with Crippen LogP contribution < -0.4 is 15.4 Å². The summed E-state index contributed by atoms with van der Waals surface area (Å²) >= 11 is 0. The number of benzene rings is 2. The summed E-state index contributed by atoms with van der Waals surface area (Å²) in [7, 11) is 3.46. The van der Waals surface area contributed by atoms with Crippen molar-refractivity contribution in [1.82, 2.24) is 20.2 Å². The summed E-state index contributed by atoms with van der Waals surface area (Å²) in [5, 5.41) is 7.98. The number of nitrogens with one attached hydrogen (secondary N) is 3. The monoisotopic (exact) mass is 446 g/mol. The van der Waals surface area contributed by atoms with Crippen LogP contribution in [0.2, 0.25) is 0 Å². The van der Waals surface area contributed by atoms with Crippen LogP contribution in [0.3, 0.4) is 0 Å². The van der Waals surface area contributed by atoms with Crippen LogP contribution >= 0.6 is 0 Å². The minimum atomic E-state index is -0.631. The molecule has 4 aromatic rings. The van der Waals surface area contributed by atoms with Gasteiger partial charge < -0.3 is 24.9 Å². The Kier molecular flexibility index (Phi) is 6.40. The summed E-state index contributed by atoms with van der Waals surface area (Å²) < 4.78 is 7.11. The topological polar surface area (TPSA) is 88.2 Å². The van der Waals surface area contributed by atoms with E-state index in [0.29, 0.717) is 18.7 Å². The van der Waals surface area contributed by atoms with Gasteiger partial charge in [-0.1, -0.05) is 32.0 Å². The molecular formula is C26H30N4O3. The van der Waals surface area contributed by atoms with Crippen LogP contribution in [0.15, 0.2) is 54.7 Å². The molecule has 0 saturated heterocycles. The molecule has 0 aliphatic carbocycles. The molecule has 0 unspecified atom stereocenters. The number of hydrogen-bond acceptors (Lipinski definition) is 3. The van der Waals surface area contributed by atoms with Crippen molar-refractivity contribution in [2.75, 3.05) is 13.7 Å². The smallest absolute Gasteiger partial charge is 0.268 e. The molecule has 4 rings (SSSR count). The minimum Gasteiger partial charge on any atom is -0.497 e. The number of ether oxygens (including phenoxy) is 1. The molecule has 0 radical (unpaired) electrons. The van der Waals surface area contributed by atoms with Gasteiger partial charge in [-0.15, -0.1) is 0 Å². The molecule has 7 heteroatoms. The van der Waals surface area contributed by atoms with Crippen LogP contribution in [0.1, 0.15) is 29.9 Å². The molecule has 0 aliphatic heterocycles. The summed E-state index contributed by atoms with van der Waals surface area (Å²) in [6, 6.07) is 15.0. The summed E-state index contributed by atoms with van der Waals surface area (Å²) in [4.78, 5) is 29.3. The SMILES string of the molecule is COc1ccc2c(c1)cc(C(=O)N[C@H](C(=O)NCCc1c[nH]c3ccccc13)C(C)C)n2C. The maximum atomic E-state index is 13.1. The first kappa shape index (κ1) is 22.5. The van der Waals surface area contributed by atoms with Crippen LogP contribution in [0.4, 0.5) is 0 Å². The van der Waals surface area contributed by atoms with Crippen molar-refractivity contribution in [1.29, 1.82) is 0 Å². The number of nitrogens with zero attached hydrogens (tertiary/aromatic N) is 1. The highest BCUT2D eigenvalue weighted by atomic mass is 16.5. The van der Waals surface area contributed by atoms with Crippen molar-refractivity contribution >= 4 is 33.6 Å². The normalized spacial score (nSPS) is 12.3. The van der Waals surface area contributed by atoms with E-state index in [1.165, 1.54) is 0 Å². The maximum absolute atomic E-state index is 13.1. The molecule has 0 spiro atoms. The lowest BCUT2D eigenvalue weighted by molar-refractivity contribution is -0.123. The third-order valence-corrected chi connectivity index (χ3v) is 6.09. The van der Waals surface area contributed by atoms with Gasteiger partial charge in [0.15, 0.2) is 0 Å². The quantitative estimate of drug-likeness (QED) is 0.385. The van der Waals surface area contributed by atoms with Crippen molar-refractivity contribution in [2.45, 2.75) is 26.3 Å². The van der Waals surface area contributed by atoms with E-state index in [9.17, 15) is 9.59 Å². The number of hydrogen-bond donors (Lipinski definition) is 3. The molecule has 0 aliphatic rings. The Labute approximate surface area is 193 Å². The molecule has 3 N–H and O–H groups in total. The predicted octanol–water partition coefficient (Wildman–Crippen LogP) is 3.78. The molecular weight excluding hydrogens is 416 g/mol. The number of carbonyl (C=O) groups is 2. The van der Waals surface area contributed by atoms with E-state index < -0.39 is 6.04 Å². The number of aryl methyl sites for hydroxylation is 1. The van der Waals surface area contributed by atoms with Gasteiger partial charge in [0.1, 0.15) is 17.5 Å². The van der Waals surface area contributed by atoms with E-state index in [1.807, 2.05) is 74.1 Å². The van der Waals surface area contributed by atoms with Gasteiger partial charge in [-0.05, 0) is 48.2 Å². The van der Waals surface area contributed by atoms with Crippen LogP contribution in [0, 0.1) is 5.92 Å². The third kappa shape index (κ3) is 4.58. The van der Waals surface area contributed by atoms with E-state index in [4.69, 9.17) is 4.74 Å². The fourth-order valence-electron chi connectivity index (χ4n) is 4.19. The zero-order valence-electron chi connectivity index (χ0n) is 19.4. The second kappa shape index (κ2) is 9.40. The highest BCUT2D eigenvalue weighted by molar-refractivity contribution is 6.01. The molecule has 7 nitrogen and oxygen atoms in total. The van der Waals surface area contributed by atoms with Crippen LogP contribution in [-0.4, -0.2) is 41.1 Å². The second-order valence-corrected chi connectivity index (χ2v) is 8.61. The number of aromatic nitrogens is 2. The van der Waals surface area contributed by atoms with Gasteiger partial charge in [0.05, 0.1) is 7.11 Å². The lowest BCUT2D eigenvalue weighted by atomic mass is 10.0. The first-order valence-corrected chi connectivity index (χ1v) is 11.2. The van der Waals surface area contributed by atoms with E-state index in [0.717, 1.165) is 33.1 Å². The summed E-state index contributed by atoms with van der Waals surface area (Å²) in [6.07, 6.45) is 2.69. The maximum Gasteiger partial charge on any atom is 0.268 e. The Morgan fingerprint density at radius 2 is 1.91 bits per heavy atom. The van der Waals surface area contributed by atoms with Crippen LogP contribution in [-0.2, 0) is 18.3 Å². The van der Waals surface area contributed by atoms with Gasteiger partial charge in [-0.25, -0.2) is 0 Å². The highest BCUT2D eigenvalue weighted by Gasteiger charge is 2.26. The zero-order valence-corrected chi connectivity index (χ0v) is 19.4.